The second kappa shape index (κ2) is 6.77. The zero-order valence-corrected chi connectivity index (χ0v) is 16.9. The van der Waals surface area contributed by atoms with Crippen molar-refractivity contribution < 1.29 is 9.59 Å². The van der Waals surface area contributed by atoms with Crippen LogP contribution in [-0.4, -0.2) is 24.4 Å². The number of likely N-dealkylation sites (N-methyl/N-ethyl adjacent to an activating group) is 1. The van der Waals surface area contributed by atoms with Crippen molar-refractivity contribution in [3.05, 3.63) is 65.7 Å². The molecule has 0 aromatic heterocycles. The number of carbonyl (C=O) groups excluding carboxylic acids is 2. The zero-order valence-electron chi connectivity index (χ0n) is 16.9. The summed E-state index contributed by atoms with van der Waals surface area (Å²) in [5.41, 5.74) is 1.98. The number of rotatable bonds is 6. The molecule has 0 saturated heterocycles. The lowest BCUT2D eigenvalue weighted by Gasteiger charge is -2.30. The van der Waals surface area contributed by atoms with E-state index in [4.69, 9.17) is 0 Å². The lowest BCUT2D eigenvalue weighted by molar-refractivity contribution is -0.130. The number of amides is 2. The van der Waals surface area contributed by atoms with Crippen LogP contribution in [0.15, 0.2) is 54.6 Å². The first kappa shape index (κ1) is 18.7. The van der Waals surface area contributed by atoms with Gasteiger partial charge in [0, 0.05) is 24.7 Å². The van der Waals surface area contributed by atoms with Gasteiger partial charge in [-0.25, -0.2) is 0 Å². The first-order valence-electron chi connectivity index (χ1n) is 10.1. The highest BCUT2D eigenvalue weighted by molar-refractivity contribution is 6.10. The molecule has 1 heterocycles. The molecule has 2 amide bonds. The van der Waals surface area contributed by atoms with Crippen LogP contribution in [0.25, 0.3) is 0 Å². The second-order valence-corrected chi connectivity index (χ2v) is 8.66. The van der Waals surface area contributed by atoms with Crippen LogP contribution in [0, 0.1) is 5.92 Å². The number of para-hydroxylation sites is 1. The summed E-state index contributed by atoms with van der Waals surface area (Å²) in [5, 5.41) is 3.26. The van der Waals surface area contributed by atoms with E-state index in [0.29, 0.717) is 12.3 Å². The van der Waals surface area contributed by atoms with Gasteiger partial charge in [-0.2, -0.15) is 0 Å². The fraction of sp³-hybridized carbons (Fsp3) is 0.417. The Kier molecular flexibility index (Phi) is 4.53. The summed E-state index contributed by atoms with van der Waals surface area (Å²) in [7, 11) is 1.81. The Hall–Kier alpha value is -2.62. The predicted molar refractivity (Wildman–Crippen MR) is 111 cm³/mol. The van der Waals surface area contributed by atoms with Crippen molar-refractivity contribution in [1.29, 1.82) is 0 Å². The van der Waals surface area contributed by atoms with Crippen molar-refractivity contribution in [2.75, 3.05) is 11.9 Å². The van der Waals surface area contributed by atoms with Gasteiger partial charge in [0.25, 0.3) is 0 Å². The van der Waals surface area contributed by atoms with Gasteiger partial charge < -0.3 is 10.2 Å². The van der Waals surface area contributed by atoms with E-state index in [2.05, 4.69) is 19.2 Å². The van der Waals surface area contributed by atoms with E-state index in [0.717, 1.165) is 29.7 Å². The standard InChI is InChI=1S/C24H28N2O2/c1-17(2)24(13-14-24)25-21(27)16-23(15-18-9-5-4-6-10-18)19-11-7-8-12-20(19)26(3)22(23)28/h4-12,17H,13-16H2,1-3H3,(H,25,27). The summed E-state index contributed by atoms with van der Waals surface area (Å²) in [6.45, 7) is 4.30. The molecule has 1 atom stereocenters. The third-order valence-corrected chi connectivity index (χ3v) is 6.59. The Morgan fingerprint density at radius 2 is 1.71 bits per heavy atom. The maximum Gasteiger partial charge on any atom is 0.238 e. The molecule has 2 aliphatic rings. The highest BCUT2D eigenvalue weighted by Gasteiger charge is 2.53. The molecule has 2 aromatic rings. The third kappa shape index (κ3) is 3.01. The van der Waals surface area contributed by atoms with Crippen LogP contribution < -0.4 is 10.2 Å². The van der Waals surface area contributed by atoms with Crippen molar-refractivity contribution >= 4 is 17.5 Å². The average molecular weight is 377 g/mol. The second-order valence-electron chi connectivity index (χ2n) is 8.66. The molecule has 1 aliphatic heterocycles. The quantitative estimate of drug-likeness (QED) is 0.833. The van der Waals surface area contributed by atoms with E-state index in [1.54, 1.807) is 4.90 Å². The van der Waals surface area contributed by atoms with E-state index >= 15 is 0 Å². The summed E-state index contributed by atoms with van der Waals surface area (Å²) in [5.74, 6) is 0.374. The van der Waals surface area contributed by atoms with Gasteiger partial charge in [-0.15, -0.1) is 0 Å². The highest BCUT2D eigenvalue weighted by atomic mass is 16.2. The molecule has 146 valence electrons. The molecule has 0 radical (unpaired) electrons. The van der Waals surface area contributed by atoms with Crippen molar-refractivity contribution in [1.82, 2.24) is 5.32 Å². The number of nitrogens with zero attached hydrogens (tertiary/aromatic N) is 1. The fourth-order valence-corrected chi connectivity index (χ4v) is 4.64. The first-order chi connectivity index (χ1) is 13.4. The molecular weight excluding hydrogens is 348 g/mol. The van der Waals surface area contributed by atoms with E-state index in [-0.39, 0.29) is 23.8 Å². The topological polar surface area (TPSA) is 49.4 Å². The summed E-state index contributed by atoms with van der Waals surface area (Å²) < 4.78 is 0. The molecule has 4 rings (SSSR count). The SMILES string of the molecule is CC(C)C1(NC(=O)CC2(Cc3ccccc3)C(=O)N(C)c3ccccc32)CC1. The van der Waals surface area contributed by atoms with Crippen LogP contribution >= 0.6 is 0 Å². The van der Waals surface area contributed by atoms with Gasteiger partial charge in [-0.1, -0.05) is 62.4 Å². The van der Waals surface area contributed by atoms with E-state index in [1.807, 2.05) is 61.6 Å². The number of hydrogen-bond acceptors (Lipinski definition) is 2. The maximum atomic E-state index is 13.5. The summed E-state index contributed by atoms with van der Waals surface area (Å²) >= 11 is 0. The maximum absolute atomic E-state index is 13.5. The minimum Gasteiger partial charge on any atom is -0.350 e. The third-order valence-electron chi connectivity index (χ3n) is 6.59. The molecule has 4 nitrogen and oxygen atoms in total. The molecule has 1 saturated carbocycles. The van der Waals surface area contributed by atoms with Crippen molar-refractivity contribution in [3.63, 3.8) is 0 Å². The molecular formula is C24H28N2O2. The lowest BCUT2D eigenvalue weighted by atomic mass is 9.73. The number of fused-ring (bicyclic) bond motifs is 1. The summed E-state index contributed by atoms with van der Waals surface area (Å²) in [6.07, 6.45) is 2.74. The Morgan fingerprint density at radius 1 is 1.07 bits per heavy atom. The molecule has 2 aromatic carbocycles. The van der Waals surface area contributed by atoms with Gasteiger partial charge in [0.2, 0.25) is 11.8 Å². The van der Waals surface area contributed by atoms with Crippen LogP contribution in [0.2, 0.25) is 0 Å². The Morgan fingerprint density at radius 3 is 2.36 bits per heavy atom. The highest BCUT2D eigenvalue weighted by Crippen LogP contribution is 2.47. The molecule has 1 aliphatic carbocycles. The van der Waals surface area contributed by atoms with Crippen LogP contribution in [0.4, 0.5) is 5.69 Å². The van der Waals surface area contributed by atoms with Gasteiger partial charge in [0.15, 0.2) is 0 Å². The Balaban J connectivity index is 1.71. The lowest BCUT2D eigenvalue weighted by Crippen LogP contribution is -2.48. The van der Waals surface area contributed by atoms with Crippen molar-refractivity contribution in [2.45, 2.75) is 50.5 Å². The average Bonchev–Trinajstić information content (AvgIpc) is 3.44. The van der Waals surface area contributed by atoms with Crippen molar-refractivity contribution in [2.24, 2.45) is 5.92 Å². The van der Waals surface area contributed by atoms with E-state index < -0.39 is 5.41 Å². The van der Waals surface area contributed by atoms with Crippen LogP contribution in [0.5, 0.6) is 0 Å². The molecule has 28 heavy (non-hydrogen) atoms. The molecule has 1 unspecified atom stereocenters. The number of anilines is 1. The summed E-state index contributed by atoms with van der Waals surface area (Å²) in [4.78, 5) is 28.3. The van der Waals surface area contributed by atoms with E-state index in [9.17, 15) is 9.59 Å². The molecule has 0 spiro atoms. The van der Waals surface area contributed by atoms with Gasteiger partial charge in [0.1, 0.15) is 0 Å². The van der Waals surface area contributed by atoms with Gasteiger partial charge in [-0.05, 0) is 42.4 Å². The number of hydrogen-bond donors (Lipinski definition) is 1. The minimum atomic E-state index is -0.857. The molecule has 0 bridgehead atoms. The first-order valence-corrected chi connectivity index (χ1v) is 10.1. The fourth-order valence-electron chi connectivity index (χ4n) is 4.64. The predicted octanol–water partition coefficient (Wildman–Crippen LogP) is 3.84. The summed E-state index contributed by atoms with van der Waals surface area (Å²) in [6, 6.07) is 17.9. The van der Waals surface area contributed by atoms with Crippen LogP contribution in [0.1, 0.15) is 44.2 Å². The smallest absolute Gasteiger partial charge is 0.238 e. The van der Waals surface area contributed by atoms with Gasteiger partial charge >= 0.3 is 0 Å². The van der Waals surface area contributed by atoms with Gasteiger partial charge in [-0.3, -0.25) is 9.59 Å². The monoisotopic (exact) mass is 376 g/mol. The largest absolute Gasteiger partial charge is 0.350 e. The van der Waals surface area contributed by atoms with E-state index in [1.165, 1.54) is 0 Å². The molecule has 1 N–H and O–H groups in total. The number of benzene rings is 2. The van der Waals surface area contributed by atoms with Crippen LogP contribution in [-0.2, 0) is 21.4 Å². The van der Waals surface area contributed by atoms with Crippen molar-refractivity contribution in [3.8, 4) is 0 Å². The normalized spacial score (nSPS) is 22.3. The Labute approximate surface area is 166 Å². The molecule has 4 heteroatoms. The molecule has 1 fully saturated rings. The number of carbonyl (C=O) groups is 2. The number of nitrogens with one attached hydrogen (secondary N) is 1. The Bertz CT molecular complexity index is 902. The minimum absolute atomic E-state index is 0.00194. The van der Waals surface area contributed by atoms with Crippen LogP contribution in [0.3, 0.4) is 0 Å². The van der Waals surface area contributed by atoms with Gasteiger partial charge in [0.05, 0.1) is 5.41 Å². The zero-order chi connectivity index (χ0) is 19.9.